The summed E-state index contributed by atoms with van der Waals surface area (Å²) in [5, 5.41) is 5.16. The van der Waals surface area contributed by atoms with Crippen LogP contribution >= 0.6 is 0 Å². The van der Waals surface area contributed by atoms with E-state index in [4.69, 9.17) is 14.2 Å². The molecular formula is C27H39N3O5. The molecule has 0 radical (unpaired) electrons. The average molecular weight is 486 g/mol. The Balaban J connectivity index is 1.56. The van der Waals surface area contributed by atoms with Crippen LogP contribution in [0.2, 0.25) is 0 Å². The number of carbonyl (C=O) groups is 2. The molecule has 0 spiro atoms. The molecule has 8 nitrogen and oxygen atoms in total. The van der Waals surface area contributed by atoms with Gasteiger partial charge in [0, 0.05) is 41.2 Å². The lowest BCUT2D eigenvalue weighted by Gasteiger charge is -2.27. The van der Waals surface area contributed by atoms with Gasteiger partial charge >= 0.3 is 0 Å². The first-order valence-corrected chi connectivity index (χ1v) is 12.5. The van der Waals surface area contributed by atoms with Gasteiger partial charge in [0.05, 0.1) is 39.6 Å². The Morgan fingerprint density at radius 1 is 0.829 bits per heavy atom. The smallest absolute Gasteiger partial charge is 0.261 e. The maximum atomic E-state index is 13.2. The highest BCUT2D eigenvalue weighted by Gasteiger charge is 2.33. The summed E-state index contributed by atoms with van der Waals surface area (Å²) < 4.78 is 15.8. The molecule has 35 heavy (non-hydrogen) atoms. The number of carbonyl (C=O) groups excluding carboxylic acids is 2. The van der Waals surface area contributed by atoms with Gasteiger partial charge in [0.2, 0.25) is 0 Å². The number of unbranched alkanes of at least 4 members (excludes halogenated alkanes) is 3. The molecule has 0 aliphatic carbocycles. The largest absolute Gasteiger partial charge is 0.385 e. The maximum Gasteiger partial charge on any atom is 0.261 e. The lowest BCUT2D eigenvalue weighted by molar-refractivity contribution is 0.0189. The van der Waals surface area contributed by atoms with E-state index in [1.165, 1.54) is 24.2 Å². The molecule has 0 bridgehead atoms. The molecule has 0 saturated heterocycles. The summed E-state index contributed by atoms with van der Waals surface area (Å²) in [6.45, 7) is 4.35. The number of hydrogen-bond acceptors (Lipinski definition) is 7. The minimum atomic E-state index is -0.272. The summed E-state index contributed by atoms with van der Waals surface area (Å²) in [7, 11) is 5.83. The van der Waals surface area contributed by atoms with Crippen molar-refractivity contribution in [3.8, 4) is 0 Å². The molecule has 0 fully saturated rings. The molecule has 0 unspecified atom stereocenters. The van der Waals surface area contributed by atoms with Gasteiger partial charge in [0.1, 0.15) is 0 Å². The van der Waals surface area contributed by atoms with E-state index < -0.39 is 0 Å². The van der Waals surface area contributed by atoms with Crippen molar-refractivity contribution in [3.63, 3.8) is 0 Å². The minimum absolute atomic E-state index is 0.208. The zero-order chi connectivity index (χ0) is 25.0. The summed E-state index contributed by atoms with van der Waals surface area (Å²) in [4.78, 5) is 29.8. The number of nitrogens with zero attached hydrogens (tertiary/aromatic N) is 2. The second-order valence-electron chi connectivity index (χ2n) is 9.01. The fourth-order valence-corrected chi connectivity index (χ4v) is 4.25. The Hall–Kier alpha value is -2.52. The van der Waals surface area contributed by atoms with Gasteiger partial charge in [0.15, 0.2) is 0 Å². The van der Waals surface area contributed by atoms with E-state index in [2.05, 4.69) is 24.3 Å². The molecular weight excluding hydrogens is 446 g/mol. The van der Waals surface area contributed by atoms with Crippen LogP contribution in [0.5, 0.6) is 0 Å². The number of methoxy groups -OCH3 is 1. The van der Waals surface area contributed by atoms with Crippen molar-refractivity contribution in [2.75, 3.05) is 79.2 Å². The van der Waals surface area contributed by atoms with Crippen molar-refractivity contribution in [1.82, 2.24) is 9.80 Å². The molecule has 2 aromatic rings. The van der Waals surface area contributed by atoms with Crippen molar-refractivity contribution in [1.29, 1.82) is 0 Å². The summed E-state index contributed by atoms with van der Waals surface area (Å²) in [6.07, 6.45) is 4.68. The number of rotatable bonds is 17. The first kappa shape index (κ1) is 27.1. The van der Waals surface area contributed by atoms with Crippen molar-refractivity contribution < 1.29 is 23.8 Å². The molecule has 8 heteroatoms. The van der Waals surface area contributed by atoms with Gasteiger partial charge in [0.25, 0.3) is 11.8 Å². The van der Waals surface area contributed by atoms with E-state index in [1.54, 1.807) is 13.2 Å². The summed E-state index contributed by atoms with van der Waals surface area (Å²) >= 11 is 0. The van der Waals surface area contributed by atoms with Crippen molar-refractivity contribution >= 4 is 28.3 Å². The second kappa shape index (κ2) is 14.1. The third kappa shape index (κ3) is 7.48. The molecule has 192 valence electrons. The first-order valence-electron chi connectivity index (χ1n) is 12.5. The molecule has 1 aliphatic heterocycles. The van der Waals surface area contributed by atoms with E-state index in [-0.39, 0.29) is 25.0 Å². The third-order valence-electron chi connectivity index (χ3n) is 6.10. The number of benzene rings is 2. The van der Waals surface area contributed by atoms with Crippen molar-refractivity contribution in [2.45, 2.75) is 25.7 Å². The Labute approximate surface area is 208 Å². The van der Waals surface area contributed by atoms with Crippen LogP contribution in [0.4, 0.5) is 5.69 Å². The predicted molar refractivity (Wildman–Crippen MR) is 138 cm³/mol. The zero-order valence-corrected chi connectivity index (χ0v) is 21.3. The van der Waals surface area contributed by atoms with Crippen LogP contribution in [0.3, 0.4) is 0 Å². The summed E-state index contributed by atoms with van der Waals surface area (Å²) in [5.41, 5.74) is 2.09. The van der Waals surface area contributed by atoms with Gasteiger partial charge in [-0.3, -0.25) is 14.5 Å². The maximum absolute atomic E-state index is 13.2. The predicted octanol–water partition coefficient (Wildman–Crippen LogP) is 3.65. The average Bonchev–Trinajstić information content (AvgIpc) is 2.85. The lowest BCUT2D eigenvalue weighted by atomic mass is 9.93. The van der Waals surface area contributed by atoms with Crippen molar-refractivity contribution in [2.24, 2.45) is 0 Å². The van der Waals surface area contributed by atoms with Gasteiger partial charge < -0.3 is 24.4 Å². The number of imide groups is 1. The molecule has 3 rings (SSSR count). The van der Waals surface area contributed by atoms with Gasteiger partial charge in [-0.15, -0.1) is 0 Å². The van der Waals surface area contributed by atoms with Crippen LogP contribution < -0.4 is 5.32 Å². The monoisotopic (exact) mass is 485 g/mol. The quantitative estimate of drug-likeness (QED) is 0.271. The van der Waals surface area contributed by atoms with Gasteiger partial charge in [-0.05, 0) is 51.7 Å². The van der Waals surface area contributed by atoms with E-state index in [9.17, 15) is 9.59 Å². The number of ether oxygens (including phenoxy) is 3. The number of anilines is 1. The van der Waals surface area contributed by atoms with Crippen LogP contribution in [0, 0.1) is 0 Å². The third-order valence-corrected chi connectivity index (χ3v) is 6.10. The number of hydrogen-bond donors (Lipinski definition) is 1. The Morgan fingerprint density at radius 3 is 2.26 bits per heavy atom. The number of nitrogens with one attached hydrogen (secondary N) is 1. The minimum Gasteiger partial charge on any atom is -0.385 e. The van der Waals surface area contributed by atoms with Crippen LogP contribution in [0.1, 0.15) is 46.4 Å². The Kier molecular flexibility index (Phi) is 10.9. The molecule has 0 aromatic heterocycles. The Morgan fingerprint density at radius 2 is 1.51 bits per heavy atom. The molecule has 0 atom stereocenters. The lowest BCUT2D eigenvalue weighted by Crippen LogP contribution is -2.42. The highest BCUT2D eigenvalue weighted by atomic mass is 16.5. The molecule has 1 aliphatic rings. The van der Waals surface area contributed by atoms with E-state index in [0.29, 0.717) is 37.6 Å². The molecule has 1 N–H and O–H groups in total. The highest BCUT2D eigenvalue weighted by molar-refractivity contribution is 6.26. The fraction of sp³-hybridized carbons (Fsp3) is 0.556. The van der Waals surface area contributed by atoms with Gasteiger partial charge in [-0.1, -0.05) is 25.0 Å². The second-order valence-corrected chi connectivity index (χ2v) is 9.01. The summed E-state index contributed by atoms with van der Waals surface area (Å²) in [5.74, 6) is -0.544. The fourth-order valence-electron chi connectivity index (χ4n) is 4.25. The highest BCUT2D eigenvalue weighted by Crippen LogP contribution is 2.34. The van der Waals surface area contributed by atoms with E-state index >= 15 is 0 Å². The standard InChI is InChI=1S/C27H39N3O5/c1-29(2)14-7-5-4-6-13-28-24-12-11-23-25-21(24)9-8-10-22(25)26(31)30(27(23)32)15-16-34-19-20-35-18-17-33-3/h8-12,28H,4-7,13-20H2,1-3H3. The van der Waals surface area contributed by atoms with E-state index in [1.807, 2.05) is 24.3 Å². The van der Waals surface area contributed by atoms with Crippen LogP contribution in [-0.4, -0.2) is 95.5 Å². The SMILES string of the molecule is COCCOCCOCCN1C(=O)c2cccc3c(NCCCCCCN(C)C)ccc(c23)C1=O. The Bertz CT molecular complexity index is 956. The molecule has 0 saturated carbocycles. The van der Waals surface area contributed by atoms with Gasteiger partial charge in [-0.25, -0.2) is 0 Å². The summed E-state index contributed by atoms with van der Waals surface area (Å²) in [6, 6.07) is 9.44. The molecule has 2 amide bonds. The van der Waals surface area contributed by atoms with Crippen LogP contribution in [0.15, 0.2) is 30.3 Å². The number of amides is 2. The zero-order valence-electron chi connectivity index (χ0n) is 21.3. The van der Waals surface area contributed by atoms with Crippen LogP contribution in [0.25, 0.3) is 10.8 Å². The molecule has 1 heterocycles. The van der Waals surface area contributed by atoms with Gasteiger partial charge in [-0.2, -0.15) is 0 Å². The van der Waals surface area contributed by atoms with Crippen LogP contribution in [-0.2, 0) is 14.2 Å². The normalized spacial score (nSPS) is 13.3. The molecule has 2 aromatic carbocycles. The first-order chi connectivity index (χ1) is 17.0. The van der Waals surface area contributed by atoms with Crippen molar-refractivity contribution in [3.05, 3.63) is 41.5 Å². The van der Waals surface area contributed by atoms with E-state index in [0.717, 1.165) is 36.0 Å². The topological polar surface area (TPSA) is 80.3 Å².